The van der Waals surface area contributed by atoms with Crippen molar-refractivity contribution in [3.8, 4) is 0 Å². The maximum Gasteiger partial charge on any atom is 0.251 e. The molecule has 0 bridgehead atoms. The molecule has 6 nitrogen and oxygen atoms in total. The first-order valence-corrected chi connectivity index (χ1v) is 10.3. The standard InChI is InChI=1S/C23H28N4O2/c1-13-6-5-7-20(25-13)26-21-14(2)22(16-8-9-16)27(15(3)28)19-11-10-17(12-18(19)21)23(29)24-4/h5-7,10-12,14,16,21-22H,8-9H2,1-4H3,(H,24,29)(H,25,26)/t14-,21?,22-/m1/s1. The van der Waals surface area contributed by atoms with E-state index in [9.17, 15) is 9.59 Å². The van der Waals surface area contributed by atoms with E-state index in [0.717, 1.165) is 35.6 Å². The Morgan fingerprint density at radius 1 is 1.17 bits per heavy atom. The van der Waals surface area contributed by atoms with Crippen molar-refractivity contribution in [3.63, 3.8) is 0 Å². The molecule has 1 saturated carbocycles. The van der Waals surface area contributed by atoms with Gasteiger partial charge in [-0.3, -0.25) is 9.59 Å². The molecule has 2 aliphatic rings. The van der Waals surface area contributed by atoms with Gasteiger partial charge in [-0.15, -0.1) is 0 Å². The van der Waals surface area contributed by atoms with E-state index in [2.05, 4.69) is 22.5 Å². The molecule has 4 rings (SSSR count). The average molecular weight is 393 g/mol. The number of rotatable bonds is 4. The predicted octanol–water partition coefficient (Wildman–Crippen LogP) is 3.68. The number of aromatic nitrogens is 1. The minimum atomic E-state index is -0.133. The molecular weight excluding hydrogens is 364 g/mol. The molecule has 0 spiro atoms. The molecule has 1 fully saturated rings. The monoisotopic (exact) mass is 392 g/mol. The van der Waals surface area contributed by atoms with Crippen LogP contribution in [0, 0.1) is 18.8 Å². The number of anilines is 2. The summed E-state index contributed by atoms with van der Waals surface area (Å²) in [6.45, 7) is 5.80. The van der Waals surface area contributed by atoms with E-state index in [1.54, 1.807) is 20.0 Å². The second kappa shape index (κ2) is 7.50. The number of nitrogens with zero attached hydrogens (tertiary/aromatic N) is 2. The first-order valence-electron chi connectivity index (χ1n) is 10.3. The number of hydrogen-bond acceptors (Lipinski definition) is 4. The Morgan fingerprint density at radius 3 is 2.55 bits per heavy atom. The molecule has 1 aromatic heterocycles. The van der Waals surface area contributed by atoms with Gasteiger partial charge in [0.25, 0.3) is 5.91 Å². The number of carbonyl (C=O) groups is 2. The van der Waals surface area contributed by atoms with Gasteiger partial charge in [-0.1, -0.05) is 13.0 Å². The van der Waals surface area contributed by atoms with Gasteiger partial charge in [-0.05, 0) is 61.6 Å². The highest BCUT2D eigenvalue weighted by atomic mass is 16.2. The summed E-state index contributed by atoms with van der Waals surface area (Å²) < 4.78 is 0. The molecule has 6 heteroatoms. The molecule has 0 radical (unpaired) electrons. The highest BCUT2D eigenvalue weighted by Gasteiger charge is 2.47. The topological polar surface area (TPSA) is 74.3 Å². The largest absolute Gasteiger partial charge is 0.363 e. The lowest BCUT2D eigenvalue weighted by molar-refractivity contribution is -0.117. The van der Waals surface area contributed by atoms with Crippen molar-refractivity contribution >= 4 is 23.3 Å². The molecule has 152 valence electrons. The zero-order valence-electron chi connectivity index (χ0n) is 17.4. The van der Waals surface area contributed by atoms with Gasteiger partial charge >= 0.3 is 0 Å². The zero-order valence-corrected chi connectivity index (χ0v) is 17.4. The number of amides is 2. The Kier molecular flexibility index (Phi) is 5.03. The summed E-state index contributed by atoms with van der Waals surface area (Å²) >= 11 is 0. The summed E-state index contributed by atoms with van der Waals surface area (Å²) in [6.07, 6.45) is 2.31. The molecule has 0 saturated heterocycles. The Morgan fingerprint density at radius 2 is 1.93 bits per heavy atom. The predicted molar refractivity (Wildman–Crippen MR) is 114 cm³/mol. The molecule has 1 aliphatic heterocycles. The van der Waals surface area contributed by atoms with Crippen LogP contribution >= 0.6 is 0 Å². The van der Waals surface area contributed by atoms with Gasteiger partial charge in [0.15, 0.2) is 0 Å². The van der Waals surface area contributed by atoms with E-state index in [4.69, 9.17) is 0 Å². The molecule has 1 aliphatic carbocycles. The molecule has 1 aromatic carbocycles. The van der Waals surface area contributed by atoms with Gasteiger partial charge in [-0.25, -0.2) is 4.98 Å². The normalized spacial score (nSPS) is 23.3. The van der Waals surface area contributed by atoms with E-state index in [1.807, 2.05) is 42.2 Å². The quantitative estimate of drug-likeness (QED) is 0.832. The fourth-order valence-corrected chi connectivity index (χ4v) is 4.63. The van der Waals surface area contributed by atoms with Crippen LogP contribution in [0.4, 0.5) is 11.5 Å². The van der Waals surface area contributed by atoms with Gasteiger partial charge in [-0.2, -0.15) is 0 Å². The average Bonchev–Trinajstić information content (AvgIpc) is 3.53. The van der Waals surface area contributed by atoms with Gasteiger partial charge in [0.1, 0.15) is 5.82 Å². The summed E-state index contributed by atoms with van der Waals surface area (Å²) in [5.41, 5.74) is 3.40. The minimum absolute atomic E-state index is 0.0369. The number of nitrogens with one attached hydrogen (secondary N) is 2. The van der Waals surface area contributed by atoms with E-state index >= 15 is 0 Å². The van der Waals surface area contributed by atoms with E-state index in [1.165, 1.54) is 0 Å². The van der Waals surface area contributed by atoms with Crippen molar-refractivity contribution in [1.82, 2.24) is 10.3 Å². The number of pyridine rings is 1. The minimum Gasteiger partial charge on any atom is -0.363 e. The summed E-state index contributed by atoms with van der Waals surface area (Å²) in [5.74, 6) is 1.43. The Balaban J connectivity index is 1.83. The van der Waals surface area contributed by atoms with Crippen molar-refractivity contribution in [3.05, 3.63) is 53.2 Å². The second-order valence-corrected chi connectivity index (χ2v) is 8.22. The lowest BCUT2D eigenvalue weighted by Gasteiger charge is -2.46. The van der Waals surface area contributed by atoms with Gasteiger partial charge < -0.3 is 15.5 Å². The third-order valence-corrected chi connectivity index (χ3v) is 6.11. The van der Waals surface area contributed by atoms with Crippen LogP contribution in [-0.2, 0) is 4.79 Å². The van der Waals surface area contributed by atoms with Gasteiger partial charge in [0.05, 0.1) is 6.04 Å². The fourth-order valence-electron chi connectivity index (χ4n) is 4.63. The van der Waals surface area contributed by atoms with Gasteiger partial charge in [0, 0.05) is 42.9 Å². The molecule has 1 unspecified atom stereocenters. The van der Waals surface area contributed by atoms with Crippen molar-refractivity contribution in [1.29, 1.82) is 0 Å². The first-order chi connectivity index (χ1) is 13.9. The number of benzene rings is 1. The maximum absolute atomic E-state index is 12.6. The number of fused-ring (bicyclic) bond motifs is 1. The van der Waals surface area contributed by atoms with Crippen LogP contribution in [0.25, 0.3) is 0 Å². The van der Waals surface area contributed by atoms with E-state index in [-0.39, 0.29) is 29.8 Å². The van der Waals surface area contributed by atoms with Crippen LogP contribution in [0.5, 0.6) is 0 Å². The summed E-state index contributed by atoms with van der Waals surface area (Å²) in [5, 5.41) is 6.29. The molecule has 3 atom stereocenters. The van der Waals surface area contributed by atoms with Gasteiger partial charge in [0.2, 0.25) is 5.91 Å². The van der Waals surface area contributed by atoms with Crippen molar-refractivity contribution in [2.24, 2.45) is 11.8 Å². The summed E-state index contributed by atoms with van der Waals surface area (Å²) in [4.78, 5) is 31.5. The smallest absolute Gasteiger partial charge is 0.251 e. The zero-order chi connectivity index (χ0) is 20.7. The molecule has 2 N–H and O–H groups in total. The number of carbonyl (C=O) groups excluding carboxylic acids is 2. The third-order valence-electron chi connectivity index (χ3n) is 6.11. The van der Waals surface area contributed by atoms with Crippen LogP contribution in [0.1, 0.15) is 54.3 Å². The molecule has 2 aromatic rings. The van der Waals surface area contributed by atoms with E-state index < -0.39 is 0 Å². The second-order valence-electron chi connectivity index (χ2n) is 8.22. The highest BCUT2D eigenvalue weighted by molar-refractivity contribution is 5.98. The Bertz CT molecular complexity index is 954. The summed E-state index contributed by atoms with van der Waals surface area (Å²) in [7, 11) is 1.63. The van der Waals surface area contributed by atoms with Crippen LogP contribution in [-0.4, -0.2) is 29.9 Å². The Labute approximate surface area is 171 Å². The lowest BCUT2D eigenvalue weighted by atomic mass is 9.79. The lowest BCUT2D eigenvalue weighted by Crippen LogP contribution is -2.51. The third kappa shape index (κ3) is 3.59. The van der Waals surface area contributed by atoms with Crippen molar-refractivity contribution in [2.75, 3.05) is 17.3 Å². The number of hydrogen-bond donors (Lipinski definition) is 2. The Hall–Kier alpha value is -2.89. The van der Waals surface area contributed by atoms with Crippen LogP contribution in [0.2, 0.25) is 0 Å². The first kappa shape index (κ1) is 19.4. The summed E-state index contributed by atoms with van der Waals surface area (Å²) in [6, 6.07) is 11.7. The maximum atomic E-state index is 12.6. The molecule has 2 heterocycles. The van der Waals surface area contributed by atoms with E-state index in [0.29, 0.717) is 11.5 Å². The van der Waals surface area contributed by atoms with Crippen LogP contribution < -0.4 is 15.5 Å². The number of aryl methyl sites for hydroxylation is 1. The van der Waals surface area contributed by atoms with Crippen molar-refractivity contribution < 1.29 is 9.59 Å². The SMILES string of the molecule is CNC(=O)c1ccc2c(c1)C(Nc1cccc(C)n1)[C@@H](C)[C@H](C1CC1)N2C(C)=O. The molecule has 2 amide bonds. The van der Waals surface area contributed by atoms with Crippen molar-refractivity contribution in [2.45, 2.75) is 45.7 Å². The fraction of sp³-hybridized carbons (Fsp3) is 0.435. The molecule has 29 heavy (non-hydrogen) atoms. The highest BCUT2D eigenvalue weighted by Crippen LogP contribution is 2.50. The van der Waals surface area contributed by atoms with Crippen LogP contribution in [0.15, 0.2) is 36.4 Å². The molecular formula is C23H28N4O2. The van der Waals surface area contributed by atoms with Crippen LogP contribution in [0.3, 0.4) is 0 Å².